The Morgan fingerprint density at radius 3 is 2.67 bits per heavy atom. The number of carbonyl (C=O) groups excluding carboxylic acids is 1. The molecule has 0 bridgehead atoms. The predicted octanol–water partition coefficient (Wildman–Crippen LogP) is 6.07. The van der Waals surface area contributed by atoms with Crippen molar-refractivity contribution in [3.05, 3.63) is 60.2 Å². The number of hydrogen-bond donors (Lipinski definition) is 3. The fourth-order valence-electron chi connectivity index (χ4n) is 7.42. The smallest absolute Gasteiger partial charge is 0.264 e. The fraction of sp³-hybridized carbons (Fsp3) is 0.562. The van der Waals surface area contributed by atoms with Crippen molar-refractivity contribution in [1.29, 1.82) is 0 Å². The molecule has 2 aromatic heterocycles. The Kier molecular flexibility index (Phi) is 8.39. The first-order valence-corrected chi connectivity index (χ1v) is 16.6. The molecule has 1 atom stereocenters. The number of amides is 1. The molecule has 2 aromatic rings. The largest absolute Gasteiger partial charge is 0.477 e. The molecule has 3 saturated carbocycles. The molecule has 1 unspecified atom stereocenters. The Morgan fingerprint density at radius 1 is 1.26 bits per heavy atom. The first-order chi connectivity index (χ1) is 20.6. The fourth-order valence-corrected chi connectivity index (χ4v) is 8.20. The maximum Gasteiger partial charge on any atom is 0.264 e. The predicted molar refractivity (Wildman–Crippen MR) is 173 cm³/mol. The average molecular weight is 624 g/mol. The van der Waals surface area contributed by atoms with Gasteiger partial charge in [0.1, 0.15) is 16.0 Å². The first-order valence-electron chi connectivity index (χ1n) is 15.4. The quantitative estimate of drug-likeness (QED) is 0.0817. The van der Waals surface area contributed by atoms with E-state index in [9.17, 15) is 4.79 Å². The van der Waals surface area contributed by atoms with Gasteiger partial charge in [-0.3, -0.25) is 9.52 Å². The van der Waals surface area contributed by atoms with E-state index in [0.717, 1.165) is 50.2 Å². The number of aliphatic imine (C=N–C) groups is 1. The minimum Gasteiger partial charge on any atom is -0.477 e. The summed E-state index contributed by atoms with van der Waals surface area (Å²) < 4.78 is 10.3. The third-order valence-electron chi connectivity index (χ3n) is 9.81. The normalized spacial score (nSPS) is 22.4. The van der Waals surface area contributed by atoms with E-state index >= 15 is 0 Å². The van der Waals surface area contributed by atoms with Gasteiger partial charge in [-0.25, -0.2) is 14.7 Å². The van der Waals surface area contributed by atoms with Crippen LogP contribution < -0.4 is 20.1 Å². The summed E-state index contributed by atoms with van der Waals surface area (Å²) in [6.45, 7) is 14.8. The Hall–Kier alpha value is -2.82. The summed E-state index contributed by atoms with van der Waals surface area (Å²) in [5.74, 6) is 2.76. The molecule has 4 fully saturated rings. The molecule has 1 aliphatic heterocycles. The summed E-state index contributed by atoms with van der Waals surface area (Å²) in [5, 5.41) is 11.9. The highest BCUT2D eigenvalue weighted by Crippen LogP contribution is 2.93. The summed E-state index contributed by atoms with van der Waals surface area (Å²) in [5.41, 5.74) is 1.87. The highest BCUT2D eigenvalue weighted by molar-refractivity contribution is 8.13. The van der Waals surface area contributed by atoms with Crippen LogP contribution in [0.15, 0.2) is 54.4 Å². The van der Waals surface area contributed by atoms with Crippen LogP contribution in [0.4, 0.5) is 0 Å². The first kappa shape index (κ1) is 30.2. The molecule has 3 aliphatic carbocycles. The number of aromatic nitrogens is 3. The topological polar surface area (TPSA) is 105 Å². The van der Waals surface area contributed by atoms with E-state index < -0.39 is 0 Å². The minimum absolute atomic E-state index is 0.0794. The van der Waals surface area contributed by atoms with Crippen molar-refractivity contribution in [3.63, 3.8) is 0 Å². The average Bonchev–Trinajstić information content (AvgIpc) is 3.93. The summed E-state index contributed by atoms with van der Waals surface area (Å²) in [6, 6.07) is 5.16. The molecule has 3 heterocycles. The SMILES string of the molecule is C=C/C(=N\C(=C)NCCCC1CNC(C)(C)C1)SNC(=O)c1ccc(-n2ccc(OCCC3C4(CC4)C34CC4)n2)nc1Cl. The number of halogens is 1. The molecule has 6 rings (SSSR count). The molecule has 1 saturated heterocycles. The Labute approximate surface area is 263 Å². The van der Waals surface area contributed by atoms with Crippen LogP contribution in [0.5, 0.6) is 5.88 Å². The van der Waals surface area contributed by atoms with Crippen molar-refractivity contribution < 1.29 is 9.53 Å². The molecule has 9 nitrogen and oxygen atoms in total. The van der Waals surface area contributed by atoms with Crippen molar-refractivity contribution in [2.24, 2.45) is 27.7 Å². The van der Waals surface area contributed by atoms with Gasteiger partial charge in [0.05, 0.1) is 12.2 Å². The number of nitrogens with zero attached hydrogens (tertiary/aromatic N) is 4. The van der Waals surface area contributed by atoms with Crippen molar-refractivity contribution >= 4 is 34.5 Å². The van der Waals surface area contributed by atoms with Gasteiger partial charge in [-0.05, 0) is 113 Å². The lowest BCUT2D eigenvalue weighted by molar-refractivity contribution is 0.0984. The second-order valence-corrected chi connectivity index (χ2v) is 14.3. The molecule has 4 aliphatic rings. The van der Waals surface area contributed by atoms with Crippen LogP contribution in [0.1, 0.15) is 75.6 Å². The van der Waals surface area contributed by atoms with E-state index in [1.807, 2.05) is 6.07 Å². The van der Waals surface area contributed by atoms with E-state index in [1.54, 1.807) is 29.1 Å². The number of fused-ring (bicyclic) bond motifs is 1. The van der Waals surface area contributed by atoms with Crippen LogP contribution in [-0.4, -0.2) is 51.0 Å². The van der Waals surface area contributed by atoms with Gasteiger partial charge in [0.15, 0.2) is 5.82 Å². The molecule has 43 heavy (non-hydrogen) atoms. The molecule has 0 aromatic carbocycles. The number of nitrogens with one attached hydrogen (secondary N) is 3. The zero-order chi connectivity index (χ0) is 30.2. The van der Waals surface area contributed by atoms with Crippen LogP contribution in [-0.2, 0) is 0 Å². The summed E-state index contributed by atoms with van der Waals surface area (Å²) in [6.07, 6.45) is 13.5. The molecule has 11 heteroatoms. The standard InChI is InChI=1S/C32H42ClN7O2S/c1-5-27(36-21(2)34-16-6-7-22-19-30(3,4)35-20-22)43-39-29(41)23-8-9-25(37-28(23)33)40-17-10-26(38-40)42-18-11-24-31(12-13-31)32(24)14-15-32/h5,8-10,17,22,24,34-35H,1-2,6-7,11-16,18-20H2,3-4H3,(H,39,41)/b36-27+. The molecule has 1 amide bonds. The maximum atomic E-state index is 12.9. The third-order valence-corrected chi connectivity index (χ3v) is 10.9. The lowest BCUT2D eigenvalue weighted by Crippen LogP contribution is -2.31. The number of ether oxygens (including phenoxy) is 1. The number of rotatable bonds is 13. The van der Waals surface area contributed by atoms with Crippen LogP contribution in [0.2, 0.25) is 5.15 Å². The van der Waals surface area contributed by atoms with Gasteiger partial charge in [-0.2, -0.15) is 0 Å². The second-order valence-electron chi connectivity index (χ2n) is 13.1. The van der Waals surface area contributed by atoms with Crippen molar-refractivity contribution in [2.45, 2.75) is 70.8 Å². The Morgan fingerprint density at radius 2 is 2.02 bits per heavy atom. The van der Waals surface area contributed by atoms with Crippen molar-refractivity contribution in [1.82, 2.24) is 30.1 Å². The van der Waals surface area contributed by atoms with Crippen molar-refractivity contribution in [3.8, 4) is 11.7 Å². The summed E-state index contributed by atoms with van der Waals surface area (Å²) in [4.78, 5) is 21.7. The lowest BCUT2D eigenvalue weighted by atomic mass is 9.94. The number of pyridine rings is 1. The lowest BCUT2D eigenvalue weighted by Gasteiger charge is -2.17. The molecule has 3 N–H and O–H groups in total. The number of carbonyl (C=O) groups is 1. The highest BCUT2D eigenvalue weighted by atomic mass is 35.5. The summed E-state index contributed by atoms with van der Waals surface area (Å²) in [7, 11) is 0. The molecule has 230 valence electrons. The molecule has 2 spiro atoms. The zero-order valence-electron chi connectivity index (χ0n) is 25.1. The van der Waals surface area contributed by atoms with Gasteiger partial charge in [-0.15, -0.1) is 5.10 Å². The van der Waals surface area contributed by atoms with Gasteiger partial charge in [0.25, 0.3) is 5.91 Å². The second kappa shape index (κ2) is 11.9. The Bertz CT molecular complexity index is 1410. The van der Waals surface area contributed by atoms with Gasteiger partial charge < -0.3 is 15.4 Å². The van der Waals surface area contributed by atoms with E-state index in [4.69, 9.17) is 16.3 Å². The third kappa shape index (κ3) is 6.51. The van der Waals surface area contributed by atoms with E-state index in [1.165, 1.54) is 32.1 Å². The van der Waals surface area contributed by atoms with Crippen LogP contribution in [0.25, 0.3) is 5.82 Å². The van der Waals surface area contributed by atoms with Gasteiger partial charge in [0.2, 0.25) is 5.88 Å². The van der Waals surface area contributed by atoms with Gasteiger partial charge >= 0.3 is 0 Å². The van der Waals surface area contributed by atoms with Gasteiger partial charge in [0, 0.05) is 36.3 Å². The van der Waals surface area contributed by atoms with E-state index in [2.05, 4.69) is 57.4 Å². The van der Waals surface area contributed by atoms with E-state index in [-0.39, 0.29) is 22.2 Å². The van der Waals surface area contributed by atoms with Gasteiger partial charge in [-0.1, -0.05) is 24.8 Å². The number of hydrogen-bond acceptors (Lipinski definition) is 8. The van der Waals surface area contributed by atoms with Crippen LogP contribution >= 0.6 is 23.5 Å². The summed E-state index contributed by atoms with van der Waals surface area (Å²) >= 11 is 7.46. The van der Waals surface area contributed by atoms with Crippen molar-refractivity contribution in [2.75, 3.05) is 19.7 Å². The van der Waals surface area contributed by atoms with Crippen LogP contribution in [0.3, 0.4) is 0 Å². The maximum absolute atomic E-state index is 12.9. The molecular weight excluding hydrogens is 582 g/mol. The van der Waals surface area contributed by atoms with Crippen LogP contribution in [0, 0.1) is 22.7 Å². The molecular formula is C32H42ClN7O2S. The zero-order valence-corrected chi connectivity index (χ0v) is 26.7. The minimum atomic E-state index is -0.387. The van der Waals surface area contributed by atoms with E-state index in [0.29, 0.717) is 45.9 Å². The Balaban J connectivity index is 0.934. The molecule has 0 radical (unpaired) electrons. The highest BCUT2D eigenvalue weighted by Gasteiger charge is 2.85. The monoisotopic (exact) mass is 623 g/mol.